The van der Waals surface area contributed by atoms with Gasteiger partial charge < -0.3 is 10.2 Å². The van der Waals surface area contributed by atoms with Crippen LogP contribution in [0.15, 0.2) is 24.5 Å². The lowest BCUT2D eigenvalue weighted by Gasteiger charge is -2.40. The molecule has 1 amide bonds. The third-order valence-electron chi connectivity index (χ3n) is 4.53. The molecule has 116 valence electrons. The summed E-state index contributed by atoms with van der Waals surface area (Å²) in [4.78, 5) is 19.2. The van der Waals surface area contributed by atoms with Crippen molar-refractivity contribution in [3.63, 3.8) is 0 Å². The smallest absolute Gasteiger partial charge is 0.229 e. The molecule has 0 saturated carbocycles. The first kappa shape index (κ1) is 16.0. The molecule has 0 radical (unpaired) electrons. The number of aromatic nitrogens is 1. The van der Waals surface area contributed by atoms with Crippen LogP contribution in [0.4, 0.5) is 0 Å². The molecule has 1 aromatic rings. The van der Waals surface area contributed by atoms with E-state index in [9.17, 15) is 4.79 Å². The van der Waals surface area contributed by atoms with Gasteiger partial charge in [0.25, 0.3) is 0 Å². The van der Waals surface area contributed by atoms with Crippen LogP contribution in [0.5, 0.6) is 0 Å². The second-order valence-electron chi connectivity index (χ2n) is 5.96. The second-order valence-corrected chi connectivity index (χ2v) is 5.96. The van der Waals surface area contributed by atoms with Crippen molar-refractivity contribution in [3.8, 4) is 0 Å². The first-order valence-electron chi connectivity index (χ1n) is 8.11. The number of hydrogen-bond donors (Lipinski definition) is 1. The average Bonchev–Trinajstić information content (AvgIpc) is 2.54. The van der Waals surface area contributed by atoms with Gasteiger partial charge in [-0.3, -0.25) is 9.78 Å². The van der Waals surface area contributed by atoms with Crippen LogP contribution in [0.2, 0.25) is 0 Å². The molecule has 1 fully saturated rings. The topological polar surface area (TPSA) is 45.2 Å². The van der Waals surface area contributed by atoms with E-state index in [1.807, 2.05) is 17.0 Å². The van der Waals surface area contributed by atoms with Gasteiger partial charge in [0.05, 0.1) is 5.41 Å². The summed E-state index contributed by atoms with van der Waals surface area (Å²) in [6.45, 7) is 7.62. The van der Waals surface area contributed by atoms with E-state index >= 15 is 0 Å². The lowest BCUT2D eigenvalue weighted by atomic mass is 9.74. The van der Waals surface area contributed by atoms with Crippen molar-refractivity contribution < 1.29 is 4.79 Å². The van der Waals surface area contributed by atoms with Crippen LogP contribution in [0.1, 0.15) is 45.1 Å². The Morgan fingerprint density at radius 3 is 2.52 bits per heavy atom. The van der Waals surface area contributed by atoms with Crippen LogP contribution in [0, 0.1) is 5.41 Å². The molecule has 1 aromatic heterocycles. The first-order chi connectivity index (χ1) is 10.2. The lowest BCUT2D eigenvalue weighted by Crippen LogP contribution is -2.49. The summed E-state index contributed by atoms with van der Waals surface area (Å²) in [6.07, 6.45) is 7.58. The molecule has 0 atom stereocenters. The third-order valence-corrected chi connectivity index (χ3v) is 4.53. The Morgan fingerprint density at radius 1 is 1.29 bits per heavy atom. The molecule has 1 N–H and O–H groups in total. The number of hydrogen-bond acceptors (Lipinski definition) is 3. The van der Waals surface area contributed by atoms with Gasteiger partial charge in [0.15, 0.2) is 0 Å². The summed E-state index contributed by atoms with van der Waals surface area (Å²) in [7, 11) is 0. The maximum absolute atomic E-state index is 13.1. The van der Waals surface area contributed by atoms with Crippen LogP contribution in [0.25, 0.3) is 0 Å². The predicted octanol–water partition coefficient (Wildman–Crippen LogP) is 2.60. The fourth-order valence-electron chi connectivity index (χ4n) is 3.33. The molecule has 1 aliphatic rings. The number of carbonyl (C=O) groups is 1. The molecule has 1 saturated heterocycles. The SMILES string of the molecule is CCCC1(C(=O)N(CC)Cc2ccncc2)CCNCC1. The van der Waals surface area contributed by atoms with Crippen LogP contribution in [-0.2, 0) is 11.3 Å². The van der Waals surface area contributed by atoms with Gasteiger partial charge in [0, 0.05) is 25.5 Å². The largest absolute Gasteiger partial charge is 0.338 e. The Bertz CT molecular complexity index is 435. The van der Waals surface area contributed by atoms with E-state index in [-0.39, 0.29) is 5.41 Å². The Balaban J connectivity index is 2.13. The van der Waals surface area contributed by atoms with Crippen molar-refractivity contribution in [2.45, 2.75) is 46.1 Å². The molecule has 0 aliphatic carbocycles. The van der Waals surface area contributed by atoms with E-state index in [4.69, 9.17) is 0 Å². The zero-order valence-electron chi connectivity index (χ0n) is 13.3. The number of piperidine rings is 1. The van der Waals surface area contributed by atoms with Crippen LogP contribution >= 0.6 is 0 Å². The summed E-state index contributed by atoms with van der Waals surface area (Å²) in [5.74, 6) is 0.338. The molecule has 0 bridgehead atoms. The van der Waals surface area contributed by atoms with Gasteiger partial charge in [-0.2, -0.15) is 0 Å². The van der Waals surface area contributed by atoms with Gasteiger partial charge in [-0.25, -0.2) is 0 Å². The van der Waals surface area contributed by atoms with Crippen molar-refractivity contribution in [2.24, 2.45) is 5.41 Å². The average molecular weight is 289 g/mol. The van der Waals surface area contributed by atoms with Crippen LogP contribution < -0.4 is 5.32 Å². The summed E-state index contributed by atoms with van der Waals surface area (Å²) < 4.78 is 0. The second kappa shape index (κ2) is 7.55. The molecule has 4 heteroatoms. The molecule has 2 rings (SSSR count). The summed E-state index contributed by atoms with van der Waals surface area (Å²) in [5.41, 5.74) is 1.00. The number of carbonyl (C=O) groups excluding carboxylic acids is 1. The number of amides is 1. The van der Waals surface area contributed by atoms with Crippen LogP contribution in [-0.4, -0.2) is 35.4 Å². The van der Waals surface area contributed by atoms with Crippen molar-refractivity contribution >= 4 is 5.91 Å². The van der Waals surface area contributed by atoms with Gasteiger partial charge in [0.1, 0.15) is 0 Å². The van der Waals surface area contributed by atoms with E-state index in [0.29, 0.717) is 12.5 Å². The van der Waals surface area contributed by atoms with E-state index in [0.717, 1.165) is 50.9 Å². The summed E-state index contributed by atoms with van der Waals surface area (Å²) >= 11 is 0. The maximum Gasteiger partial charge on any atom is 0.229 e. The normalized spacial score (nSPS) is 17.4. The maximum atomic E-state index is 13.1. The van der Waals surface area contributed by atoms with Gasteiger partial charge >= 0.3 is 0 Å². The van der Waals surface area contributed by atoms with E-state index in [1.54, 1.807) is 12.4 Å². The lowest BCUT2D eigenvalue weighted by molar-refractivity contribution is -0.145. The van der Waals surface area contributed by atoms with Crippen molar-refractivity contribution in [3.05, 3.63) is 30.1 Å². The quantitative estimate of drug-likeness (QED) is 0.875. The van der Waals surface area contributed by atoms with Gasteiger partial charge in [-0.05, 0) is 57.0 Å². The minimum Gasteiger partial charge on any atom is -0.338 e. The van der Waals surface area contributed by atoms with E-state index in [2.05, 4.69) is 24.1 Å². The number of nitrogens with zero attached hydrogens (tertiary/aromatic N) is 2. The molecule has 4 nitrogen and oxygen atoms in total. The van der Waals surface area contributed by atoms with E-state index < -0.39 is 0 Å². The standard InChI is InChI=1S/C17H27N3O/c1-3-7-17(8-12-19-13-9-17)16(21)20(4-2)14-15-5-10-18-11-6-15/h5-6,10-11,19H,3-4,7-9,12-14H2,1-2H3. The monoisotopic (exact) mass is 289 g/mol. The fraction of sp³-hybridized carbons (Fsp3) is 0.647. The van der Waals surface area contributed by atoms with Gasteiger partial charge in [0.2, 0.25) is 5.91 Å². The van der Waals surface area contributed by atoms with E-state index in [1.165, 1.54) is 0 Å². The Kier molecular flexibility index (Phi) is 5.74. The Morgan fingerprint density at radius 2 is 1.95 bits per heavy atom. The summed E-state index contributed by atoms with van der Waals surface area (Å²) in [6, 6.07) is 3.98. The van der Waals surface area contributed by atoms with Crippen LogP contribution in [0.3, 0.4) is 0 Å². The van der Waals surface area contributed by atoms with Gasteiger partial charge in [-0.15, -0.1) is 0 Å². The molecule has 0 spiro atoms. The molecule has 2 heterocycles. The number of nitrogens with one attached hydrogen (secondary N) is 1. The minimum absolute atomic E-state index is 0.150. The third kappa shape index (κ3) is 3.82. The van der Waals surface area contributed by atoms with Crippen molar-refractivity contribution in [1.82, 2.24) is 15.2 Å². The molecule has 0 unspecified atom stereocenters. The zero-order chi connectivity index (χ0) is 15.1. The molecule has 0 aromatic carbocycles. The minimum atomic E-state index is -0.150. The van der Waals surface area contributed by atoms with Crippen molar-refractivity contribution in [2.75, 3.05) is 19.6 Å². The highest BCUT2D eigenvalue weighted by molar-refractivity contribution is 5.83. The zero-order valence-corrected chi connectivity index (χ0v) is 13.3. The van der Waals surface area contributed by atoms with Gasteiger partial charge in [-0.1, -0.05) is 13.3 Å². The highest BCUT2D eigenvalue weighted by Crippen LogP contribution is 2.36. The number of rotatable bonds is 6. The Labute approximate surface area is 127 Å². The molecular weight excluding hydrogens is 262 g/mol. The predicted molar refractivity (Wildman–Crippen MR) is 84.8 cm³/mol. The first-order valence-corrected chi connectivity index (χ1v) is 8.11. The molecular formula is C17H27N3O. The number of pyridine rings is 1. The Hall–Kier alpha value is -1.42. The fourth-order valence-corrected chi connectivity index (χ4v) is 3.33. The highest BCUT2D eigenvalue weighted by atomic mass is 16.2. The van der Waals surface area contributed by atoms with Crippen molar-refractivity contribution in [1.29, 1.82) is 0 Å². The molecule has 1 aliphatic heterocycles. The molecule has 21 heavy (non-hydrogen) atoms. The highest BCUT2D eigenvalue weighted by Gasteiger charge is 2.40. The summed E-state index contributed by atoms with van der Waals surface area (Å²) in [5, 5.41) is 3.38.